The topological polar surface area (TPSA) is 9.23 Å². The van der Waals surface area contributed by atoms with Gasteiger partial charge in [0.05, 0.1) is 6.61 Å². The van der Waals surface area contributed by atoms with Gasteiger partial charge in [0.1, 0.15) is 0 Å². The van der Waals surface area contributed by atoms with E-state index in [1.54, 1.807) is 0 Å². The normalized spacial score (nSPS) is 10.8. The van der Waals surface area contributed by atoms with Crippen LogP contribution in [0.5, 0.6) is 0 Å². The van der Waals surface area contributed by atoms with Crippen LogP contribution in [0.2, 0.25) is 0 Å². The molecule has 0 saturated carbocycles. The van der Waals surface area contributed by atoms with Gasteiger partial charge in [-0.3, -0.25) is 0 Å². The van der Waals surface area contributed by atoms with Crippen molar-refractivity contribution in [2.75, 3.05) is 13.2 Å². The molecule has 0 amide bonds. The Hall–Kier alpha value is -1.34. The summed E-state index contributed by atoms with van der Waals surface area (Å²) < 4.78 is 5.54. The molecule has 0 aliphatic rings. The highest BCUT2D eigenvalue weighted by molar-refractivity contribution is 5.85. The Balaban J connectivity index is 2.11. The highest BCUT2D eigenvalue weighted by Gasteiger charge is 1.99. The number of benzene rings is 2. The molecule has 0 bridgehead atoms. The minimum atomic E-state index is 0.821. The zero-order valence-electron chi connectivity index (χ0n) is 9.78. The number of rotatable bonds is 5. The summed E-state index contributed by atoms with van der Waals surface area (Å²) in [5.74, 6) is 0. The number of fused-ring (bicyclic) bond motifs is 1. The van der Waals surface area contributed by atoms with Gasteiger partial charge in [0.2, 0.25) is 0 Å². The molecule has 0 aliphatic heterocycles. The van der Waals surface area contributed by atoms with Crippen LogP contribution in [-0.2, 0) is 11.2 Å². The van der Waals surface area contributed by atoms with Crippen molar-refractivity contribution in [3.05, 3.63) is 48.0 Å². The molecule has 1 heteroatoms. The summed E-state index contributed by atoms with van der Waals surface area (Å²) in [6, 6.07) is 15.0. The predicted molar refractivity (Wildman–Crippen MR) is 68.8 cm³/mol. The summed E-state index contributed by atoms with van der Waals surface area (Å²) in [5, 5.41) is 2.67. The van der Waals surface area contributed by atoms with E-state index in [1.807, 2.05) is 0 Å². The van der Waals surface area contributed by atoms with Crippen LogP contribution in [0.15, 0.2) is 42.5 Å². The van der Waals surface area contributed by atoms with Crippen molar-refractivity contribution in [1.29, 1.82) is 0 Å². The van der Waals surface area contributed by atoms with Crippen LogP contribution < -0.4 is 0 Å². The highest BCUT2D eigenvalue weighted by Crippen LogP contribution is 2.18. The van der Waals surface area contributed by atoms with Crippen molar-refractivity contribution in [3.63, 3.8) is 0 Å². The minimum Gasteiger partial charge on any atom is -0.381 e. The van der Waals surface area contributed by atoms with Gasteiger partial charge >= 0.3 is 0 Å². The fourth-order valence-electron chi connectivity index (χ4n) is 1.94. The van der Waals surface area contributed by atoms with Gasteiger partial charge in [-0.25, -0.2) is 0 Å². The molecular weight excluding hydrogens is 196 g/mol. The molecule has 2 aromatic carbocycles. The maximum Gasteiger partial charge on any atom is 0.0506 e. The van der Waals surface area contributed by atoms with Crippen molar-refractivity contribution in [1.82, 2.24) is 0 Å². The van der Waals surface area contributed by atoms with Gasteiger partial charge in [-0.15, -0.1) is 0 Å². The molecule has 0 unspecified atom stereocenters. The van der Waals surface area contributed by atoms with Crippen molar-refractivity contribution >= 4 is 10.8 Å². The molecule has 0 atom stereocenters. The largest absolute Gasteiger partial charge is 0.381 e. The first-order valence-electron chi connectivity index (χ1n) is 5.96. The SMILES string of the molecule is CCCOCCc1cccc2ccccc12. The van der Waals surface area contributed by atoms with E-state index in [4.69, 9.17) is 4.74 Å². The first-order valence-corrected chi connectivity index (χ1v) is 5.96. The Morgan fingerprint density at radius 3 is 2.62 bits per heavy atom. The molecule has 0 fully saturated rings. The van der Waals surface area contributed by atoms with Crippen LogP contribution >= 0.6 is 0 Å². The molecule has 0 spiro atoms. The zero-order valence-corrected chi connectivity index (χ0v) is 9.78. The van der Waals surface area contributed by atoms with Crippen LogP contribution in [0.4, 0.5) is 0 Å². The fourth-order valence-corrected chi connectivity index (χ4v) is 1.94. The lowest BCUT2D eigenvalue weighted by Crippen LogP contribution is -1.99. The molecule has 0 radical (unpaired) electrons. The minimum absolute atomic E-state index is 0.821. The first kappa shape index (κ1) is 11.2. The summed E-state index contributed by atoms with van der Waals surface area (Å²) in [4.78, 5) is 0. The lowest BCUT2D eigenvalue weighted by Gasteiger charge is -2.06. The van der Waals surface area contributed by atoms with E-state index < -0.39 is 0 Å². The first-order chi connectivity index (χ1) is 7.92. The van der Waals surface area contributed by atoms with Crippen molar-refractivity contribution in [2.45, 2.75) is 19.8 Å². The molecule has 0 N–H and O–H groups in total. The molecule has 2 rings (SSSR count). The van der Waals surface area contributed by atoms with Gasteiger partial charge in [-0.05, 0) is 29.2 Å². The third-order valence-corrected chi connectivity index (χ3v) is 2.74. The van der Waals surface area contributed by atoms with Gasteiger partial charge in [0.25, 0.3) is 0 Å². The fraction of sp³-hybridized carbons (Fsp3) is 0.333. The highest BCUT2D eigenvalue weighted by atomic mass is 16.5. The Morgan fingerprint density at radius 1 is 0.938 bits per heavy atom. The van der Waals surface area contributed by atoms with E-state index in [9.17, 15) is 0 Å². The van der Waals surface area contributed by atoms with Gasteiger partial charge in [0.15, 0.2) is 0 Å². The summed E-state index contributed by atoms with van der Waals surface area (Å²) in [7, 11) is 0. The molecule has 1 nitrogen and oxygen atoms in total. The lowest BCUT2D eigenvalue weighted by atomic mass is 10.0. The second kappa shape index (κ2) is 5.66. The molecule has 0 heterocycles. The summed E-state index contributed by atoms with van der Waals surface area (Å²) in [5.41, 5.74) is 1.38. The Bertz CT molecular complexity index is 443. The van der Waals surface area contributed by atoms with E-state index >= 15 is 0 Å². The van der Waals surface area contributed by atoms with E-state index in [0.717, 1.165) is 26.1 Å². The Kier molecular flexibility index (Phi) is 3.95. The number of hydrogen-bond donors (Lipinski definition) is 0. The zero-order chi connectivity index (χ0) is 11.2. The smallest absolute Gasteiger partial charge is 0.0506 e. The van der Waals surface area contributed by atoms with Gasteiger partial charge in [0, 0.05) is 6.61 Å². The maximum absolute atomic E-state index is 5.54. The Morgan fingerprint density at radius 2 is 1.75 bits per heavy atom. The molecule has 0 saturated heterocycles. The average Bonchev–Trinajstić information content (AvgIpc) is 2.35. The third-order valence-electron chi connectivity index (χ3n) is 2.74. The second-order valence-corrected chi connectivity index (χ2v) is 4.00. The average molecular weight is 214 g/mol. The van der Waals surface area contributed by atoms with E-state index in [0.29, 0.717) is 0 Å². The van der Waals surface area contributed by atoms with E-state index in [2.05, 4.69) is 49.4 Å². The number of ether oxygens (including phenoxy) is 1. The molecule has 0 aliphatic carbocycles. The van der Waals surface area contributed by atoms with E-state index in [1.165, 1.54) is 16.3 Å². The predicted octanol–water partition coefficient (Wildman–Crippen LogP) is 3.81. The lowest BCUT2D eigenvalue weighted by molar-refractivity contribution is 0.138. The summed E-state index contributed by atoms with van der Waals surface area (Å²) >= 11 is 0. The van der Waals surface area contributed by atoms with Crippen LogP contribution in [-0.4, -0.2) is 13.2 Å². The molecular formula is C15H18O. The van der Waals surface area contributed by atoms with Gasteiger partial charge < -0.3 is 4.74 Å². The summed E-state index contributed by atoms with van der Waals surface area (Å²) in [6.07, 6.45) is 2.09. The Labute approximate surface area is 97.1 Å². The summed E-state index contributed by atoms with van der Waals surface area (Å²) in [6.45, 7) is 3.82. The molecule has 84 valence electrons. The van der Waals surface area contributed by atoms with Crippen molar-refractivity contribution < 1.29 is 4.74 Å². The standard InChI is InChI=1S/C15H18O/c1-2-11-16-12-10-14-8-5-7-13-6-3-4-9-15(13)14/h3-9H,2,10-12H2,1H3. The maximum atomic E-state index is 5.54. The van der Waals surface area contributed by atoms with Crippen molar-refractivity contribution in [2.24, 2.45) is 0 Å². The molecule has 2 aromatic rings. The second-order valence-electron chi connectivity index (χ2n) is 4.00. The molecule has 0 aromatic heterocycles. The van der Waals surface area contributed by atoms with Crippen LogP contribution in [0.1, 0.15) is 18.9 Å². The quantitative estimate of drug-likeness (QED) is 0.688. The van der Waals surface area contributed by atoms with Gasteiger partial charge in [-0.1, -0.05) is 49.4 Å². The third kappa shape index (κ3) is 2.61. The van der Waals surface area contributed by atoms with E-state index in [-0.39, 0.29) is 0 Å². The van der Waals surface area contributed by atoms with Crippen molar-refractivity contribution in [3.8, 4) is 0 Å². The van der Waals surface area contributed by atoms with Crippen LogP contribution in [0.25, 0.3) is 10.8 Å². The van der Waals surface area contributed by atoms with Crippen LogP contribution in [0.3, 0.4) is 0 Å². The number of hydrogen-bond acceptors (Lipinski definition) is 1. The monoisotopic (exact) mass is 214 g/mol. The van der Waals surface area contributed by atoms with Crippen LogP contribution in [0, 0.1) is 0 Å². The van der Waals surface area contributed by atoms with Gasteiger partial charge in [-0.2, -0.15) is 0 Å². The molecule has 16 heavy (non-hydrogen) atoms.